The van der Waals surface area contributed by atoms with Gasteiger partial charge in [-0.2, -0.15) is 0 Å². The molecular formula is C16H15ClFNO. The molecule has 0 radical (unpaired) electrons. The minimum absolute atomic E-state index is 0.0511. The Morgan fingerprint density at radius 1 is 1.15 bits per heavy atom. The van der Waals surface area contributed by atoms with E-state index in [-0.39, 0.29) is 18.1 Å². The lowest BCUT2D eigenvalue weighted by atomic mass is 9.97. The molecule has 0 saturated heterocycles. The van der Waals surface area contributed by atoms with E-state index in [9.17, 15) is 9.18 Å². The fraction of sp³-hybridized carbons (Fsp3) is 0.188. The van der Waals surface area contributed by atoms with Crippen molar-refractivity contribution in [2.45, 2.75) is 6.42 Å². The summed E-state index contributed by atoms with van der Waals surface area (Å²) in [6.45, 7) is 0. The first kappa shape index (κ1) is 14.5. The van der Waals surface area contributed by atoms with Crippen molar-refractivity contribution in [3.8, 4) is 11.1 Å². The number of likely N-dealkylation sites (N-methyl/N-ethyl adjacent to an activating group) is 1. The Labute approximate surface area is 122 Å². The predicted octanol–water partition coefficient (Wildman–Crippen LogP) is 3.78. The largest absolute Gasteiger partial charge is 0.349 e. The van der Waals surface area contributed by atoms with Crippen molar-refractivity contribution in [2.24, 2.45) is 0 Å². The molecule has 0 N–H and O–H groups in total. The summed E-state index contributed by atoms with van der Waals surface area (Å²) < 4.78 is 13.9. The zero-order chi connectivity index (χ0) is 14.7. The van der Waals surface area contributed by atoms with Crippen LogP contribution in [0.4, 0.5) is 4.39 Å². The Kier molecular flexibility index (Phi) is 4.40. The summed E-state index contributed by atoms with van der Waals surface area (Å²) >= 11 is 5.99. The Morgan fingerprint density at radius 3 is 2.50 bits per heavy atom. The smallest absolute Gasteiger partial charge is 0.226 e. The molecule has 2 rings (SSSR count). The summed E-state index contributed by atoms with van der Waals surface area (Å²) in [5, 5.41) is 0.534. The van der Waals surface area contributed by atoms with Crippen LogP contribution in [-0.2, 0) is 11.2 Å². The predicted molar refractivity (Wildman–Crippen MR) is 79.2 cm³/mol. The molecule has 0 unspecified atom stereocenters. The van der Waals surface area contributed by atoms with Crippen LogP contribution in [0.5, 0.6) is 0 Å². The number of hydrogen-bond acceptors (Lipinski definition) is 1. The van der Waals surface area contributed by atoms with Gasteiger partial charge in [0, 0.05) is 24.7 Å². The van der Waals surface area contributed by atoms with Crippen LogP contribution in [0.1, 0.15) is 5.56 Å². The van der Waals surface area contributed by atoms with Gasteiger partial charge in [-0.3, -0.25) is 4.79 Å². The fourth-order valence-corrected chi connectivity index (χ4v) is 2.17. The van der Waals surface area contributed by atoms with Crippen LogP contribution >= 0.6 is 11.6 Å². The van der Waals surface area contributed by atoms with Gasteiger partial charge in [-0.15, -0.1) is 0 Å². The highest BCUT2D eigenvalue weighted by molar-refractivity contribution is 6.30. The standard InChI is InChI=1S/C16H15ClFNO/c1-19(2)16(20)10-11-9-12(17)7-8-13(11)14-5-3-4-6-15(14)18/h3-9H,10H2,1-2H3. The zero-order valence-corrected chi connectivity index (χ0v) is 12.1. The summed E-state index contributed by atoms with van der Waals surface area (Å²) in [7, 11) is 3.38. The van der Waals surface area contributed by atoms with Crippen molar-refractivity contribution in [2.75, 3.05) is 14.1 Å². The summed E-state index contributed by atoms with van der Waals surface area (Å²) in [6, 6.07) is 11.7. The Hall–Kier alpha value is -1.87. The lowest BCUT2D eigenvalue weighted by Gasteiger charge is -2.14. The molecular weight excluding hydrogens is 277 g/mol. The number of halogens is 2. The maximum absolute atomic E-state index is 13.9. The van der Waals surface area contributed by atoms with Crippen LogP contribution in [0.25, 0.3) is 11.1 Å². The van der Waals surface area contributed by atoms with E-state index in [1.807, 2.05) is 0 Å². The van der Waals surface area contributed by atoms with E-state index in [0.29, 0.717) is 16.1 Å². The number of carbonyl (C=O) groups excluding carboxylic acids is 1. The van der Waals surface area contributed by atoms with Crippen molar-refractivity contribution < 1.29 is 9.18 Å². The second kappa shape index (κ2) is 6.06. The Bertz CT molecular complexity index is 640. The first-order valence-electron chi connectivity index (χ1n) is 6.22. The molecule has 0 aromatic heterocycles. The number of benzene rings is 2. The lowest BCUT2D eigenvalue weighted by Crippen LogP contribution is -2.23. The number of hydrogen-bond donors (Lipinski definition) is 0. The number of carbonyl (C=O) groups is 1. The lowest BCUT2D eigenvalue weighted by molar-refractivity contribution is -0.127. The SMILES string of the molecule is CN(C)C(=O)Cc1cc(Cl)ccc1-c1ccccc1F. The van der Waals surface area contributed by atoms with Crippen molar-refractivity contribution in [1.29, 1.82) is 0 Å². The number of rotatable bonds is 3. The van der Waals surface area contributed by atoms with Crippen molar-refractivity contribution in [3.63, 3.8) is 0 Å². The van der Waals surface area contributed by atoms with Crippen molar-refractivity contribution in [3.05, 3.63) is 58.9 Å². The third-order valence-electron chi connectivity index (χ3n) is 3.07. The minimum atomic E-state index is -0.312. The molecule has 0 aliphatic heterocycles. The van der Waals surface area contributed by atoms with Crippen LogP contribution in [0, 0.1) is 5.82 Å². The van der Waals surface area contributed by atoms with Crippen molar-refractivity contribution in [1.82, 2.24) is 4.90 Å². The van der Waals surface area contributed by atoms with Gasteiger partial charge in [-0.05, 0) is 29.3 Å². The molecule has 0 atom stereocenters. The van der Waals surface area contributed by atoms with E-state index < -0.39 is 0 Å². The number of amides is 1. The van der Waals surface area contributed by atoms with Gasteiger partial charge >= 0.3 is 0 Å². The summed E-state index contributed by atoms with van der Waals surface area (Å²) in [5.74, 6) is -0.363. The first-order valence-corrected chi connectivity index (χ1v) is 6.60. The van der Waals surface area contributed by atoms with E-state index in [2.05, 4.69) is 0 Å². The highest BCUT2D eigenvalue weighted by atomic mass is 35.5. The van der Waals surface area contributed by atoms with Crippen LogP contribution in [0.3, 0.4) is 0 Å². The van der Waals surface area contributed by atoms with Gasteiger partial charge < -0.3 is 4.90 Å². The first-order chi connectivity index (χ1) is 9.49. The van der Waals surface area contributed by atoms with E-state index in [1.54, 1.807) is 50.5 Å². The molecule has 0 heterocycles. The van der Waals surface area contributed by atoms with Gasteiger partial charge in [0.2, 0.25) is 5.91 Å². The molecule has 0 bridgehead atoms. The average Bonchev–Trinajstić information content (AvgIpc) is 2.40. The van der Waals surface area contributed by atoms with E-state index in [4.69, 9.17) is 11.6 Å². The second-order valence-corrected chi connectivity index (χ2v) is 5.18. The van der Waals surface area contributed by atoms with Gasteiger partial charge in [0.05, 0.1) is 6.42 Å². The molecule has 2 aromatic rings. The van der Waals surface area contributed by atoms with Crippen LogP contribution in [0.2, 0.25) is 5.02 Å². The zero-order valence-electron chi connectivity index (χ0n) is 11.4. The fourth-order valence-electron chi connectivity index (χ4n) is 1.97. The van der Waals surface area contributed by atoms with Gasteiger partial charge in [0.1, 0.15) is 5.82 Å². The molecule has 0 saturated carbocycles. The summed E-state index contributed by atoms with van der Waals surface area (Å²) in [5.41, 5.74) is 1.90. The third-order valence-corrected chi connectivity index (χ3v) is 3.31. The van der Waals surface area contributed by atoms with Crippen LogP contribution in [0.15, 0.2) is 42.5 Å². The molecule has 20 heavy (non-hydrogen) atoms. The molecule has 0 aliphatic rings. The van der Waals surface area contributed by atoms with Gasteiger partial charge in [0.15, 0.2) is 0 Å². The highest BCUT2D eigenvalue weighted by Gasteiger charge is 2.14. The Morgan fingerprint density at radius 2 is 1.85 bits per heavy atom. The van der Waals surface area contributed by atoms with Crippen LogP contribution < -0.4 is 0 Å². The van der Waals surface area contributed by atoms with Gasteiger partial charge in [-0.1, -0.05) is 35.9 Å². The topological polar surface area (TPSA) is 20.3 Å². The van der Waals surface area contributed by atoms with Crippen LogP contribution in [-0.4, -0.2) is 24.9 Å². The molecule has 0 aliphatic carbocycles. The third kappa shape index (κ3) is 3.17. The van der Waals surface area contributed by atoms with Gasteiger partial charge in [-0.25, -0.2) is 4.39 Å². The molecule has 2 aromatic carbocycles. The maximum atomic E-state index is 13.9. The van der Waals surface area contributed by atoms with Gasteiger partial charge in [0.25, 0.3) is 0 Å². The molecule has 0 fully saturated rings. The quantitative estimate of drug-likeness (QED) is 0.843. The number of nitrogens with zero attached hydrogens (tertiary/aromatic N) is 1. The highest BCUT2D eigenvalue weighted by Crippen LogP contribution is 2.29. The monoisotopic (exact) mass is 291 g/mol. The molecule has 4 heteroatoms. The summed E-state index contributed by atoms with van der Waals surface area (Å²) in [6.07, 6.45) is 0.192. The van der Waals surface area contributed by atoms with Crippen molar-refractivity contribution >= 4 is 17.5 Å². The van der Waals surface area contributed by atoms with E-state index in [0.717, 1.165) is 5.56 Å². The second-order valence-electron chi connectivity index (χ2n) is 4.75. The molecule has 104 valence electrons. The summed E-state index contributed by atoms with van der Waals surface area (Å²) in [4.78, 5) is 13.4. The Balaban J connectivity index is 2.49. The minimum Gasteiger partial charge on any atom is -0.349 e. The average molecular weight is 292 g/mol. The van der Waals surface area contributed by atoms with E-state index >= 15 is 0 Å². The molecule has 1 amide bonds. The molecule has 0 spiro atoms. The normalized spacial score (nSPS) is 10.4. The maximum Gasteiger partial charge on any atom is 0.226 e. The van der Waals surface area contributed by atoms with E-state index in [1.165, 1.54) is 11.0 Å². The molecule has 2 nitrogen and oxygen atoms in total.